The smallest absolute Gasteiger partial charge is 0.337 e. The molecule has 1 amide bonds. The molecule has 2 N–H and O–H groups in total. The molecule has 3 rings (SSSR count). The maximum Gasteiger partial charge on any atom is 0.337 e. The van der Waals surface area contributed by atoms with Crippen LogP contribution >= 0.6 is 11.6 Å². The second kappa shape index (κ2) is 8.83. The largest absolute Gasteiger partial charge is 0.465 e. The number of carbonyl (C=O) groups excluding carboxylic acids is 2. The van der Waals surface area contributed by atoms with Crippen molar-refractivity contribution >= 4 is 34.9 Å². The van der Waals surface area contributed by atoms with Crippen LogP contribution in [-0.4, -0.2) is 43.2 Å². The van der Waals surface area contributed by atoms with Crippen molar-refractivity contribution in [3.8, 4) is 0 Å². The molecule has 1 aliphatic heterocycles. The van der Waals surface area contributed by atoms with Crippen molar-refractivity contribution in [2.45, 2.75) is 18.9 Å². The van der Waals surface area contributed by atoms with Crippen molar-refractivity contribution in [1.82, 2.24) is 4.98 Å². The monoisotopic (exact) mass is 389 g/mol. The highest BCUT2D eigenvalue weighted by Crippen LogP contribution is 2.24. The standard InChI is InChI=1S/C19H20ClN3O4/c1-26-19(25)12-4-5-15(20)16(9-12)23-18(24)17-10-13(6-7-21-17)22-11-14-3-2-8-27-14/h4-7,9-10,14H,2-3,8,11H2,1H3,(H,21,22)(H,23,24). The Morgan fingerprint density at radius 3 is 2.93 bits per heavy atom. The highest BCUT2D eigenvalue weighted by atomic mass is 35.5. The SMILES string of the molecule is COC(=O)c1ccc(Cl)c(NC(=O)c2cc(NCC3CCCO3)ccn2)c1. The molecule has 8 heteroatoms. The van der Waals surface area contributed by atoms with E-state index in [2.05, 4.69) is 20.4 Å². The zero-order valence-corrected chi connectivity index (χ0v) is 15.6. The number of hydrogen-bond acceptors (Lipinski definition) is 6. The van der Waals surface area contributed by atoms with Gasteiger partial charge in [0.05, 0.1) is 29.5 Å². The van der Waals surface area contributed by atoms with Crippen LogP contribution in [0.25, 0.3) is 0 Å². The van der Waals surface area contributed by atoms with E-state index in [9.17, 15) is 9.59 Å². The Labute approximate surface area is 162 Å². The van der Waals surface area contributed by atoms with Crippen molar-refractivity contribution in [1.29, 1.82) is 0 Å². The van der Waals surface area contributed by atoms with Gasteiger partial charge in [0.2, 0.25) is 0 Å². The van der Waals surface area contributed by atoms with Gasteiger partial charge in [-0.05, 0) is 43.2 Å². The Morgan fingerprint density at radius 2 is 2.19 bits per heavy atom. The maximum atomic E-state index is 12.5. The van der Waals surface area contributed by atoms with Gasteiger partial charge in [-0.15, -0.1) is 0 Å². The molecule has 0 spiro atoms. The van der Waals surface area contributed by atoms with Gasteiger partial charge in [0.15, 0.2) is 0 Å². The zero-order chi connectivity index (χ0) is 19.2. The molecule has 1 aliphatic rings. The number of pyridine rings is 1. The van der Waals surface area contributed by atoms with Gasteiger partial charge in [-0.25, -0.2) is 4.79 Å². The summed E-state index contributed by atoms with van der Waals surface area (Å²) in [5.74, 6) is -0.944. The average Bonchev–Trinajstić information content (AvgIpc) is 3.21. The minimum atomic E-state index is -0.513. The lowest BCUT2D eigenvalue weighted by Gasteiger charge is -2.13. The first-order valence-corrected chi connectivity index (χ1v) is 8.95. The fourth-order valence-corrected chi connectivity index (χ4v) is 2.92. The molecule has 1 aromatic heterocycles. The predicted molar refractivity (Wildman–Crippen MR) is 102 cm³/mol. The number of nitrogens with one attached hydrogen (secondary N) is 2. The number of rotatable bonds is 6. The van der Waals surface area contributed by atoms with Gasteiger partial charge in [-0.3, -0.25) is 9.78 Å². The van der Waals surface area contributed by atoms with Crippen LogP contribution in [0.3, 0.4) is 0 Å². The summed E-state index contributed by atoms with van der Waals surface area (Å²) in [6, 6.07) is 7.96. The van der Waals surface area contributed by atoms with Crippen LogP contribution < -0.4 is 10.6 Å². The molecule has 27 heavy (non-hydrogen) atoms. The molecule has 2 aromatic rings. The van der Waals surface area contributed by atoms with Gasteiger partial charge in [0, 0.05) is 25.0 Å². The van der Waals surface area contributed by atoms with Crippen LogP contribution in [0.4, 0.5) is 11.4 Å². The van der Waals surface area contributed by atoms with Crippen LogP contribution in [0.15, 0.2) is 36.5 Å². The summed E-state index contributed by atoms with van der Waals surface area (Å²) in [6.45, 7) is 1.47. The minimum Gasteiger partial charge on any atom is -0.465 e. The fraction of sp³-hybridized carbons (Fsp3) is 0.316. The van der Waals surface area contributed by atoms with E-state index in [0.717, 1.165) is 25.1 Å². The quantitative estimate of drug-likeness (QED) is 0.736. The first kappa shape index (κ1) is 19.1. The Morgan fingerprint density at radius 1 is 1.33 bits per heavy atom. The Balaban J connectivity index is 1.69. The molecule has 0 saturated carbocycles. The zero-order valence-electron chi connectivity index (χ0n) is 14.8. The topological polar surface area (TPSA) is 89.5 Å². The number of aromatic nitrogens is 1. The summed E-state index contributed by atoms with van der Waals surface area (Å²) in [6.07, 6.45) is 3.84. The van der Waals surface area contributed by atoms with Crippen molar-refractivity contribution < 1.29 is 19.1 Å². The number of nitrogens with zero attached hydrogens (tertiary/aromatic N) is 1. The van der Waals surface area contributed by atoms with Gasteiger partial charge in [-0.1, -0.05) is 11.6 Å². The summed E-state index contributed by atoms with van der Waals surface area (Å²) < 4.78 is 10.3. The van der Waals surface area contributed by atoms with Gasteiger partial charge in [0.1, 0.15) is 5.69 Å². The van der Waals surface area contributed by atoms with Crippen LogP contribution in [0.1, 0.15) is 33.7 Å². The molecule has 1 aromatic carbocycles. The first-order valence-electron chi connectivity index (χ1n) is 8.57. The summed E-state index contributed by atoms with van der Waals surface area (Å²) in [4.78, 5) is 28.3. The van der Waals surface area contributed by atoms with Gasteiger partial charge in [-0.2, -0.15) is 0 Å². The van der Waals surface area contributed by atoms with Gasteiger partial charge >= 0.3 is 5.97 Å². The molecule has 1 fully saturated rings. The first-order chi connectivity index (χ1) is 13.1. The van der Waals surface area contributed by atoms with E-state index in [0.29, 0.717) is 17.3 Å². The van der Waals surface area contributed by atoms with Gasteiger partial charge < -0.3 is 20.1 Å². The second-order valence-corrected chi connectivity index (χ2v) is 6.49. The molecule has 0 bridgehead atoms. The van der Waals surface area contributed by atoms with E-state index in [4.69, 9.17) is 16.3 Å². The number of anilines is 2. The highest BCUT2D eigenvalue weighted by molar-refractivity contribution is 6.34. The molecular weight excluding hydrogens is 370 g/mol. The third-order valence-corrected chi connectivity index (χ3v) is 4.52. The van der Waals surface area contributed by atoms with E-state index in [1.54, 1.807) is 18.3 Å². The van der Waals surface area contributed by atoms with E-state index >= 15 is 0 Å². The Bertz CT molecular complexity index is 837. The number of benzene rings is 1. The average molecular weight is 390 g/mol. The second-order valence-electron chi connectivity index (χ2n) is 6.09. The van der Waals surface area contributed by atoms with Crippen molar-refractivity contribution in [3.63, 3.8) is 0 Å². The van der Waals surface area contributed by atoms with Crippen LogP contribution in [0.2, 0.25) is 5.02 Å². The molecule has 142 valence electrons. The fourth-order valence-electron chi connectivity index (χ4n) is 2.75. The number of halogens is 1. The summed E-state index contributed by atoms with van der Waals surface area (Å²) in [5.41, 5.74) is 1.60. The summed E-state index contributed by atoms with van der Waals surface area (Å²) in [7, 11) is 1.29. The van der Waals surface area contributed by atoms with Crippen molar-refractivity contribution in [2.75, 3.05) is 30.9 Å². The number of amides is 1. The molecule has 2 heterocycles. The summed E-state index contributed by atoms with van der Waals surface area (Å²) >= 11 is 6.12. The molecular formula is C19H20ClN3O4. The lowest BCUT2D eigenvalue weighted by atomic mass is 10.2. The Hall–Kier alpha value is -2.64. The third-order valence-electron chi connectivity index (χ3n) is 4.19. The van der Waals surface area contributed by atoms with E-state index < -0.39 is 11.9 Å². The molecule has 7 nitrogen and oxygen atoms in total. The highest BCUT2D eigenvalue weighted by Gasteiger charge is 2.16. The number of methoxy groups -OCH3 is 1. The summed E-state index contributed by atoms with van der Waals surface area (Å²) in [5, 5.41) is 6.24. The van der Waals surface area contributed by atoms with E-state index in [1.807, 2.05) is 0 Å². The van der Waals surface area contributed by atoms with Crippen molar-refractivity contribution in [3.05, 3.63) is 52.8 Å². The van der Waals surface area contributed by atoms with Crippen LogP contribution in [-0.2, 0) is 9.47 Å². The molecule has 0 aliphatic carbocycles. The number of carbonyl (C=O) groups is 2. The predicted octanol–water partition coefficient (Wildman–Crippen LogP) is 3.36. The molecule has 1 saturated heterocycles. The lowest BCUT2D eigenvalue weighted by molar-refractivity contribution is 0.0600. The van der Waals surface area contributed by atoms with E-state index in [-0.39, 0.29) is 17.4 Å². The van der Waals surface area contributed by atoms with Crippen LogP contribution in [0.5, 0.6) is 0 Å². The maximum absolute atomic E-state index is 12.5. The molecule has 0 radical (unpaired) electrons. The van der Waals surface area contributed by atoms with Gasteiger partial charge in [0.25, 0.3) is 5.91 Å². The minimum absolute atomic E-state index is 0.190. The molecule has 1 unspecified atom stereocenters. The number of hydrogen-bond donors (Lipinski definition) is 2. The lowest BCUT2D eigenvalue weighted by Crippen LogP contribution is -2.19. The van der Waals surface area contributed by atoms with Crippen LogP contribution in [0, 0.1) is 0 Å². The third kappa shape index (κ3) is 4.96. The Kier molecular flexibility index (Phi) is 6.26. The van der Waals surface area contributed by atoms with E-state index in [1.165, 1.54) is 25.3 Å². The number of esters is 1. The molecule has 1 atom stereocenters. The normalized spacial score (nSPS) is 16.0. The number of ether oxygens (including phenoxy) is 2. The van der Waals surface area contributed by atoms with Crippen molar-refractivity contribution in [2.24, 2.45) is 0 Å².